The Morgan fingerprint density at radius 3 is 2.73 bits per heavy atom. The van der Waals surface area contributed by atoms with Crippen molar-refractivity contribution in [3.8, 4) is 11.3 Å². The summed E-state index contributed by atoms with van der Waals surface area (Å²) in [7, 11) is 2.08. The molecule has 2 aliphatic rings. The zero-order chi connectivity index (χ0) is 17.7. The second kappa shape index (κ2) is 5.95. The van der Waals surface area contributed by atoms with Gasteiger partial charge in [-0.25, -0.2) is 15.0 Å². The molecule has 3 aromatic heterocycles. The van der Waals surface area contributed by atoms with Gasteiger partial charge >= 0.3 is 0 Å². The molecule has 1 saturated heterocycles. The summed E-state index contributed by atoms with van der Waals surface area (Å²) in [6.07, 6.45) is 10.0. The third-order valence-corrected chi connectivity index (χ3v) is 5.49. The molecular weight excluding hydrogens is 328 g/mol. The van der Waals surface area contributed by atoms with Crippen LogP contribution in [0.1, 0.15) is 18.4 Å². The molecule has 0 atom stereocenters. The minimum absolute atomic E-state index is 0.197. The molecule has 3 aromatic rings. The SMILES string of the molecule is CN1CCc2cc(-c3cnc4c(N5CCC(O)CC5)nccn34)cnc21. The van der Waals surface area contributed by atoms with Crippen LogP contribution in [0.25, 0.3) is 16.9 Å². The standard InChI is InChI=1S/C19H22N6O/c1-23-6-2-13-10-14(11-21-17(13)23)16-12-22-19-18(20-5-9-25(16)19)24-7-3-15(26)4-8-24/h5,9-12,15,26H,2-4,6-8H2,1H3. The van der Waals surface area contributed by atoms with Gasteiger partial charge in [-0.05, 0) is 30.9 Å². The maximum Gasteiger partial charge on any atom is 0.180 e. The second-order valence-electron chi connectivity index (χ2n) is 7.18. The van der Waals surface area contributed by atoms with Crippen molar-refractivity contribution in [1.82, 2.24) is 19.4 Å². The molecule has 5 rings (SSSR count). The van der Waals surface area contributed by atoms with E-state index >= 15 is 0 Å². The van der Waals surface area contributed by atoms with Crippen LogP contribution in [-0.2, 0) is 6.42 Å². The maximum absolute atomic E-state index is 9.76. The lowest BCUT2D eigenvalue weighted by Gasteiger charge is -2.30. The molecule has 7 nitrogen and oxygen atoms in total. The first-order valence-corrected chi connectivity index (χ1v) is 9.16. The summed E-state index contributed by atoms with van der Waals surface area (Å²) < 4.78 is 2.09. The molecule has 134 valence electrons. The first-order chi connectivity index (χ1) is 12.7. The van der Waals surface area contributed by atoms with Crippen LogP contribution in [0, 0.1) is 0 Å². The van der Waals surface area contributed by atoms with Crippen molar-refractivity contribution >= 4 is 17.3 Å². The van der Waals surface area contributed by atoms with Crippen molar-refractivity contribution in [2.75, 3.05) is 36.5 Å². The van der Waals surface area contributed by atoms with E-state index in [-0.39, 0.29) is 6.10 Å². The van der Waals surface area contributed by atoms with Gasteiger partial charge in [0, 0.05) is 50.8 Å². The van der Waals surface area contributed by atoms with E-state index in [4.69, 9.17) is 0 Å². The molecule has 0 saturated carbocycles. The van der Waals surface area contributed by atoms with Crippen molar-refractivity contribution in [2.45, 2.75) is 25.4 Å². The van der Waals surface area contributed by atoms with Gasteiger partial charge < -0.3 is 14.9 Å². The van der Waals surface area contributed by atoms with Crippen molar-refractivity contribution in [1.29, 1.82) is 0 Å². The Kier molecular flexibility index (Phi) is 3.56. The lowest BCUT2D eigenvalue weighted by atomic mass is 10.1. The Morgan fingerprint density at radius 2 is 1.88 bits per heavy atom. The van der Waals surface area contributed by atoms with E-state index in [0.717, 1.165) is 67.4 Å². The highest BCUT2D eigenvalue weighted by molar-refractivity contribution is 5.72. The molecule has 0 amide bonds. The van der Waals surface area contributed by atoms with Crippen LogP contribution in [0.15, 0.2) is 30.9 Å². The van der Waals surface area contributed by atoms with Gasteiger partial charge in [-0.2, -0.15) is 0 Å². The molecule has 0 radical (unpaired) electrons. The number of pyridine rings is 1. The summed E-state index contributed by atoms with van der Waals surface area (Å²) in [4.78, 5) is 18.3. The molecule has 26 heavy (non-hydrogen) atoms. The average Bonchev–Trinajstić information content (AvgIpc) is 3.26. The van der Waals surface area contributed by atoms with Crippen molar-refractivity contribution in [2.24, 2.45) is 0 Å². The van der Waals surface area contributed by atoms with E-state index in [1.165, 1.54) is 5.56 Å². The van der Waals surface area contributed by atoms with Crippen molar-refractivity contribution in [3.05, 3.63) is 36.4 Å². The zero-order valence-electron chi connectivity index (χ0n) is 14.8. The molecule has 0 aromatic carbocycles. The number of imidazole rings is 1. The van der Waals surface area contributed by atoms with E-state index in [9.17, 15) is 5.11 Å². The number of aromatic nitrogens is 4. The third kappa shape index (κ3) is 2.42. The zero-order valence-corrected chi connectivity index (χ0v) is 14.8. The summed E-state index contributed by atoms with van der Waals surface area (Å²) in [5.74, 6) is 1.97. The lowest BCUT2D eigenvalue weighted by Crippen LogP contribution is -2.36. The van der Waals surface area contributed by atoms with Gasteiger partial charge in [0.25, 0.3) is 0 Å². The Labute approximate surface area is 151 Å². The predicted molar refractivity (Wildman–Crippen MR) is 101 cm³/mol. The molecule has 1 fully saturated rings. The summed E-state index contributed by atoms with van der Waals surface area (Å²) in [5, 5.41) is 9.76. The predicted octanol–water partition coefficient (Wildman–Crippen LogP) is 1.74. The highest BCUT2D eigenvalue weighted by Crippen LogP contribution is 2.31. The number of aliphatic hydroxyl groups excluding tert-OH is 1. The highest BCUT2D eigenvalue weighted by Gasteiger charge is 2.22. The Hall–Kier alpha value is -2.67. The molecule has 0 unspecified atom stereocenters. The van der Waals surface area contributed by atoms with Crippen LogP contribution >= 0.6 is 0 Å². The van der Waals surface area contributed by atoms with Crippen LogP contribution in [-0.4, -0.2) is 57.2 Å². The molecular formula is C19H22N6O. The van der Waals surface area contributed by atoms with Crippen molar-refractivity contribution < 1.29 is 5.11 Å². The number of likely N-dealkylation sites (N-methyl/N-ethyl adjacent to an activating group) is 1. The van der Waals surface area contributed by atoms with Crippen LogP contribution in [0.3, 0.4) is 0 Å². The van der Waals surface area contributed by atoms with E-state index in [0.29, 0.717) is 0 Å². The number of aliphatic hydroxyl groups is 1. The number of piperidine rings is 1. The largest absolute Gasteiger partial charge is 0.393 e. The first-order valence-electron chi connectivity index (χ1n) is 9.16. The number of anilines is 2. The fourth-order valence-electron chi connectivity index (χ4n) is 3.98. The third-order valence-electron chi connectivity index (χ3n) is 5.49. The van der Waals surface area contributed by atoms with E-state index in [1.54, 1.807) is 0 Å². The van der Waals surface area contributed by atoms with Gasteiger partial charge in [-0.15, -0.1) is 0 Å². The molecule has 2 aliphatic heterocycles. The van der Waals surface area contributed by atoms with Crippen LogP contribution < -0.4 is 9.80 Å². The summed E-state index contributed by atoms with van der Waals surface area (Å²) in [6.45, 7) is 2.64. The first kappa shape index (κ1) is 15.6. The van der Waals surface area contributed by atoms with Gasteiger partial charge in [0.05, 0.1) is 18.0 Å². The Balaban J connectivity index is 1.55. The summed E-state index contributed by atoms with van der Waals surface area (Å²) in [6, 6.07) is 2.23. The smallest absolute Gasteiger partial charge is 0.180 e. The average molecular weight is 350 g/mol. The minimum Gasteiger partial charge on any atom is -0.393 e. The number of fused-ring (bicyclic) bond motifs is 2. The lowest BCUT2D eigenvalue weighted by molar-refractivity contribution is 0.145. The van der Waals surface area contributed by atoms with Crippen LogP contribution in [0.4, 0.5) is 11.6 Å². The summed E-state index contributed by atoms with van der Waals surface area (Å²) in [5.41, 5.74) is 4.26. The van der Waals surface area contributed by atoms with Crippen LogP contribution in [0.5, 0.6) is 0 Å². The fourth-order valence-corrected chi connectivity index (χ4v) is 3.98. The van der Waals surface area contributed by atoms with Crippen molar-refractivity contribution in [3.63, 3.8) is 0 Å². The van der Waals surface area contributed by atoms with Gasteiger partial charge in [-0.3, -0.25) is 4.40 Å². The number of nitrogens with zero attached hydrogens (tertiary/aromatic N) is 6. The molecule has 1 N–H and O–H groups in total. The molecule has 5 heterocycles. The number of hydrogen-bond donors (Lipinski definition) is 1. The monoisotopic (exact) mass is 350 g/mol. The minimum atomic E-state index is -0.197. The molecule has 0 bridgehead atoms. The summed E-state index contributed by atoms with van der Waals surface area (Å²) >= 11 is 0. The topological polar surface area (TPSA) is 69.8 Å². The number of hydrogen-bond acceptors (Lipinski definition) is 6. The van der Waals surface area contributed by atoms with E-state index in [1.807, 2.05) is 24.8 Å². The van der Waals surface area contributed by atoms with Gasteiger partial charge in [0.15, 0.2) is 11.5 Å². The highest BCUT2D eigenvalue weighted by atomic mass is 16.3. The van der Waals surface area contributed by atoms with Crippen LogP contribution in [0.2, 0.25) is 0 Å². The Morgan fingerprint density at radius 1 is 1.04 bits per heavy atom. The normalized spacial score (nSPS) is 17.9. The molecule has 7 heteroatoms. The second-order valence-corrected chi connectivity index (χ2v) is 7.18. The maximum atomic E-state index is 9.76. The van der Waals surface area contributed by atoms with Gasteiger partial charge in [-0.1, -0.05) is 0 Å². The van der Waals surface area contributed by atoms with Gasteiger partial charge in [0.1, 0.15) is 5.82 Å². The molecule has 0 spiro atoms. The fraction of sp³-hybridized carbons (Fsp3) is 0.421. The Bertz CT molecular complexity index is 960. The quantitative estimate of drug-likeness (QED) is 0.759. The van der Waals surface area contributed by atoms with Gasteiger partial charge in [0.2, 0.25) is 0 Å². The van der Waals surface area contributed by atoms with E-state index < -0.39 is 0 Å². The number of rotatable bonds is 2. The molecule has 0 aliphatic carbocycles. The van der Waals surface area contributed by atoms with E-state index in [2.05, 4.69) is 42.3 Å².